The summed E-state index contributed by atoms with van der Waals surface area (Å²) in [4.78, 5) is 35.6. The molecule has 0 radical (unpaired) electrons. The van der Waals surface area contributed by atoms with Crippen LogP contribution >= 0.6 is 0 Å². The van der Waals surface area contributed by atoms with Gasteiger partial charge < -0.3 is 10.6 Å². The molecule has 2 amide bonds. The molecule has 7 nitrogen and oxygen atoms in total. The van der Waals surface area contributed by atoms with Gasteiger partial charge in [-0.25, -0.2) is 4.39 Å². The highest BCUT2D eigenvalue weighted by molar-refractivity contribution is 5.96. The standard InChI is InChI=1S/C22H18FN3O4/c23-17-11-12-20(26(29)30)19(13-17)24-21(27)14-18(15-7-3-1-4-8-15)25-22(28)16-9-5-2-6-10-16/h1-13,18H,14H2,(H,24,27)(H,25,28)/t18-/m0/s1. The number of anilines is 1. The Balaban J connectivity index is 1.80. The van der Waals surface area contributed by atoms with Crippen molar-refractivity contribution in [1.29, 1.82) is 0 Å². The highest BCUT2D eigenvalue weighted by atomic mass is 19.1. The van der Waals surface area contributed by atoms with E-state index in [-0.39, 0.29) is 18.0 Å². The predicted molar refractivity (Wildman–Crippen MR) is 109 cm³/mol. The van der Waals surface area contributed by atoms with Gasteiger partial charge in [0.2, 0.25) is 5.91 Å². The van der Waals surface area contributed by atoms with E-state index < -0.39 is 28.4 Å². The second-order valence-electron chi connectivity index (χ2n) is 6.47. The Labute approximate surface area is 171 Å². The van der Waals surface area contributed by atoms with E-state index in [9.17, 15) is 24.1 Å². The summed E-state index contributed by atoms with van der Waals surface area (Å²) in [5.74, 6) is -1.69. The summed E-state index contributed by atoms with van der Waals surface area (Å²) in [6.07, 6.45) is -0.198. The van der Waals surface area contributed by atoms with E-state index in [1.807, 2.05) is 0 Å². The second-order valence-corrected chi connectivity index (χ2v) is 6.47. The fraction of sp³-hybridized carbons (Fsp3) is 0.0909. The molecule has 0 saturated carbocycles. The third kappa shape index (κ3) is 5.26. The van der Waals surface area contributed by atoms with Gasteiger partial charge in [-0.1, -0.05) is 48.5 Å². The minimum atomic E-state index is -0.715. The fourth-order valence-corrected chi connectivity index (χ4v) is 2.92. The van der Waals surface area contributed by atoms with E-state index in [1.54, 1.807) is 60.7 Å². The molecule has 0 bridgehead atoms. The van der Waals surface area contributed by atoms with Gasteiger partial charge in [-0.05, 0) is 23.8 Å². The van der Waals surface area contributed by atoms with Crippen LogP contribution in [0.25, 0.3) is 0 Å². The maximum atomic E-state index is 13.5. The quantitative estimate of drug-likeness (QED) is 0.452. The number of rotatable bonds is 7. The minimum absolute atomic E-state index is 0.198. The molecule has 0 saturated heterocycles. The summed E-state index contributed by atoms with van der Waals surface area (Å²) in [6, 6.07) is 19.5. The van der Waals surface area contributed by atoms with Crippen LogP contribution in [0.4, 0.5) is 15.8 Å². The number of hydrogen-bond acceptors (Lipinski definition) is 4. The highest BCUT2D eigenvalue weighted by Gasteiger charge is 2.22. The van der Waals surface area contributed by atoms with Gasteiger partial charge in [0.25, 0.3) is 11.6 Å². The minimum Gasteiger partial charge on any atom is -0.345 e. The highest BCUT2D eigenvalue weighted by Crippen LogP contribution is 2.26. The smallest absolute Gasteiger partial charge is 0.292 e. The Kier molecular flexibility index (Phi) is 6.49. The van der Waals surface area contributed by atoms with E-state index in [0.717, 1.165) is 18.2 Å². The van der Waals surface area contributed by atoms with Crippen LogP contribution in [0.3, 0.4) is 0 Å². The molecule has 3 rings (SSSR count). The average molecular weight is 407 g/mol. The van der Waals surface area contributed by atoms with Crippen LogP contribution in [-0.2, 0) is 4.79 Å². The Bertz CT molecular complexity index is 1060. The van der Waals surface area contributed by atoms with Crippen LogP contribution in [0.5, 0.6) is 0 Å². The third-order valence-corrected chi connectivity index (χ3v) is 4.36. The summed E-state index contributed by atoms with van der Waals surface area (Å²) in [6.45, 7) is 0. The number of nitro benzene ring substituents is 1. The van der Waals surface area contributed by atoms with E-state index in [4.69, 9.17) is 0 Å². The molecule has 3 aromatic carbocycles. The summed E-state index contributed by atoms with van der Waals surface area (Å²) in [5.41, 5.74) is 0.450. The number of amides is 2. The van der Waals surface area contributed by atoms with Gasteiger partial charge in [0.05, 0.1) is 17.4 Å². The lowest BCUT2D eigenvalue weighted by Gasteiger charge is -2.19. The van der Waals surface area contributed by atoms with Crippen molar-refractivity contribution in [3.63, 3.8) is 0 Å². The monoisotopic (exact) mass is 407 g/mol. The lowest BCUT2D eigenvalue weighted by Crippen LogP contribution is -2.31. The van der Waals surface area contributed by atoms with Gasteiger partial charge in [-0.15, -0.1) is 0 Å². The zero-order chi connectivity index (χ0) is 21.5. The average Bonchev–Trinajstić information content (AvgIpc) is 2.74. The van der Waals surface area contributed by atoms with Crippen molar-refractivity contribution in [1.82, 2.24) is 5.32 Å². The maximum absolute atomic E-state index is 13.5. The third-order valence-electron chi connectivity index (χ3n) is 4.36. The second kappa shape index (κ2) is 9.42. The SMILES string of the molecule is O=C(C[C@H](NC(=O)c1ccccc1)c1ccccc1)Nc1cc(F)ccc1[N+](=O)[O-]. The number of nitrogens with zero attached hydrogens (tertiary/aromatic N) is 1. The lowest BCUT2D eigenvalue weighted by molar-refractivity contribution is -0.384. The van der Waals surface area contributed by atoms with Gasteiger partial charge in [-0.2, -0.15) is 0 Å². The van der Waals surface area contributed by atoms with Gasteiger partial charge in [0.1, 0.15) is 11.5 Å². The molecule has 0 aliphatic rings. The number of benzene rings is 3. The first-order valence-corrected chi connectivity index (χ1v) is 9.08. The van der Waals surface area contributed by atoms with Gasteiger partial charge in [0, 0.05) is 17.7 Å². The topological polar surface area (TPSA) is 101 Å². The normalized spacial score (nSPS) is 11.4. The van der Waals surface area contributed by atoms with Crippen molar-refractivity contribution >= 4 is 23.2 Å². The van der Waals surface area contributed by atoms with Crippen molar-refractivity contribution in [2.75, 3.05) is 5.32 Å². The van der Waals surface area contributed by atoms with Gasteiger partial charge in [0.15, 0.2) is 0 Å². The van der Waals surface area contributed by atoms with Crippen LogP contribution < -0.4 is 10.6 Å². The first-order chi connectivity index (χ1) is 14.4. The zero-order valence-electron chi connectivity index (χ0n) is 15.7. The fourth-order valence-electron chi connectivity index (χ4n) is 2.92. The molecular formula is C22H18FN3O4. The molecule has 0 spiro atoms. The zero-order valence-corrected chi connectivity index (χ0v) is 15.7. The van der Waals surface area contributed by atoms with Crippen LogP contribution in [0.2, 0.25) is 0 Å². The molecule has 0 aliphatic heterocycles. The van der Waals surface area contributed by atoms with Crippen molar-refractivity contribution in [2.45, 2.75) is 12.5 Å². The summed E-state index contributed by atoms with van der Waals surface area (Å²) < 4.78 is 13.5. The number of carbonyl (C=O) groups excluding carboxylic acids is 2. The molecule has 0 aliphatic carbocycles. The molecule has 0 unspecified atom stereocenters. The molecule has 2 N–H and O–H groups in total. The van der Waals surface area contributed by atoms with Crippen molar-refractivity contribution in [3.8, 4) is 0 Å². The van der Waals surface area contributed by atoms with E-state index in [0.29, 0.717) is 11.1 Å². The Morgan fingerprint density at radius 1 is 0.967 bits per heavy atom. The molecule has 8 heteroatoms. The molecule has 0 aromatic heterocycles. The van der Waals surface area contributed by atoms with Gasteiger partial charge >= 0.3 is 0 Å². The number of halogens is 1. The number of carbonyl (C=O) groups is 2. The lowest BCUT2D eigenvalue weighted by atomic mass is 10.0. The molecular weight excluding hydrogens is 389 g/mol. The number of nitro groups is 1. The van der Waals surface area contributed by atoms with Crippen LogP contribution in [0, 0.1) is 15.9 Å². The molecule has 30 heavy (non-hydrogen) atoms. The van der Waals surface area contributed by atoms with Gasteiger partial charge in [-0.3, -0.25) is 19.7 Å². The molecule has 152 valence electrons. The Morgan fingerprint density at radius 3 is 2.23 bits per heavy atom. The number of hydrogen-bond donors (Lipinski definition) is 2. The van der Waals surface area contributed by atoms with Crippen LogP contribution in [-0.4, -0.2) is 16.7 Å². The Morgan fingerprint density at radius 2 is 1.60 bits per heavy atom. The Hall–Kier alpha value is -4.07. The predicted octanol–water partition coefficient (Wildman–Crippen LogP) is 4.23. The van der Waals surface area contributed by atoms with E-state index in [2.05, 4.69) is 10.6 Å². The first kappa shape index (κ1) is 20.7. The largest absolute Gasteiger partial charge is 0.345 e. The summed E-state index contributed by atoms with van der Waals surface area (Å²) in [7, 11) is 0. The summed E-state index contributed by atoms with van der Waals surface area (Å²) >= 11 is 0. The van der Waals surface area contributed by atoms with Crippen molar-refractivity contribution < 1.29 is 18.9 Å². The molecule has 0 heterocycles. The number of nitrogens with one attached hydrogen (secondary N) is 2. The first-order valence-electron chi connectivity index (χ1n) is 9.08. The summed E-state index contributed by atoms with van der Waals surface area (Å²) in [5, 5.41) is 16.3. The van der Waals surface area contributed by atoms with Crippen molar-refractivity contribution in [3.05, 3.63) is 106 Å². The van der Waals surface area contributed by atoms with Crippen LogP contribution in [0.15, 0.2) is 78.9 Å². The molecule has 1 atom stereocenters. The molecule has 3 aromatic rings. The van der Waals surface area contributed by atoms with Crippen LogP contribution in [0.1, 0.15) is 28.4 Å². The molecule has 0 fully saturated rings. The maximum Gasteiger partial charge on any atom is 0.292 e. The van der Waals surface area contributed by atoms with E-state index in [1.165, 1.54) is 0 Å². The van der Waals surface area contributed by atoms with E-state index >= 15 is 0 Å². The van der Waals surface area contributed by atoms with Crippen molar-refractivity contribution in [2.24, 2.45) is 0 Å².